The van der Waals surface area contributed by atoms with Crippen LogP contribution in [0.2, 0.25) is 0 Å². The molecule has 32 heavy (non-hydrogen) atoms. The average molecular weight is 448 g/mol. The Morgan fingerprint density at radius 3 is 2.62 bits per heavy atom. The number of benzene rings is 2. The van der Waals surface area contributed by atoms with E-state index in [1.165, 1.54) is 19.2 Å². The van der Waals surface area contributed by atoms with Crippen LogP contribution >= 0.6 is 0 Å². The number of alkyl halides is 3. The van der Waals surface area contributed by atoms with Crippen molar-refractivity contribution >= 4 is 23.0 Å². The quantitative estimate of drug-likeness (QED) is 0.544. The van der Waals surface area contributed by atoms with Gasteiger partial charge in [0.25, 0.3) is 5.91 Å². The van der Waals surface area contributed by atoms with Crippen molar-refractivity contribution in [3.05, 3.63) is 47.0 Å². The Kier molecular flexibility index (Phi) is 6.19. The topological polar surface area (TPSA) is 88.4 Å². The van der Waals surface area contributed by atoms with Crippen molar-refractivity contribution < 1.29 is 22.7 Å². The first-order valence-electron chi connectivity index (χ1n) is 10.8. The minimum atomic E-state index is -4.57. The summed E-state index contributed by atoms with van der Waals surface area (Å²) in [6, 6.07) is 7.61. The number of amides is 1. The van der Waals surface area contributed by atoms with Crippen LogP contribution in [0.25, 0.3) is 0 Å². The van der Waals surface area contributed by atoms with E-state index in [1.807, 2.05) is 6.07 Å². The molecule has 0 aromatic heterocycles. The summed E-state index contributed by atoms with van der Waals surface area (Å²) < 4.78 is 45.2. The molecule has 1 aliphatic carbocycles. The van der Waals surface area contributed by atoms with Crippen LogP contribution < -0.4 is 26.4 Å². The van der Waals surface area contributed by atoms with Gasteiger partial charge in [-0.2, -0.15) is 13.2 Å². The number of rotatable bonds is 5. The Balaban J connectivity index is 1.70. The molecule has 0 bridgehead atoms. The third-order valence-electron chi connectivity index (χ3n) is 6.08. The molecule has 6 nitrogen and oxygen atoms in total. The fourth-order valence-corrected chi connectivity index (χ4v) is 4.46. The average Bonchev–Trinajstić information content (AvgIpc) is 2.75. The van der Waals surface area contributed by atoms with Gasteiger partial charge in [-0.15, -0.1) is 0 Å². The first-order valence-corrected chi connectivity index (χ1v) is 10.8. The normalized spacial score (nSPS) is 20.8. The van der Waals surface area contributed by atoms with Crippen LogP contribution in [0.15, 0.2) is 30.3 Å². The van der Waals surface area contributed by atoms with E-state index in [4.69, 9.17) is 10.5 Å². The summed E-state index contributed by atoms with van der Waals surface area (Å²) in [4.78, 5) is 12.6. The number of halogens is 3. The number of nitrogens with two attached hydrogens (primary N) is 1. The van der Waals surface area contributed by atoms with Crippen LogP contribution in [-0.2, 0) is 12.6 Å². The number of carbonyl (C=O) groups excluding carboxylic acids is 1. The number of fused-ring (bicyclic) bond motifs is 1. The molecule has 1 fully saturated rings. The van der Waals surface area contributed by atoms with Gasteiger partial charge in [0.05, 0.1) is 23.9 Å². The summed E-state index contributed by atoms with van der Waals surface area (Å²) >= 11 is 0. The highest BCUT2D eigenvalue weighted by atomic mass is 19.4. The molecule has 2 aromatic carbocycles. The number of nitrogens with one attached hydrogen (secondary N) is 3. The van der Waals surface area contributed by atoms with Gasteiger partial charge < -0.3 is 26.4 Å². The molecule has 0 spiro atoms. The maximum Gasteiger partial charge on any atom is 0.420 e. The molecule has 1 amide bonds. The summed E-state index contributed by atoms with van der Waals surface area (Å²) in [5.74, 6) is -0.510. The second-order valence-corrected chi connectivity index (χ2v) is 8.30. The summed E-state index contributed by atoms with van der Waals surface area (Å²) in [5.41, 5.74) is 8.14. The number of hydrogen-bond donors (Lipinski definition) is 4. The van der Waals surface area contributed by atoms with E-state index in [2.05, 4.69) is 16.0 Å². The Labute approximate surface area is 184 Å². The van der Waals surface area contributed by atoms with Gasteiger partial charge in [-0.3, -0.25) is 4.79 Å². The van der Waals surface area contributed by atoms with Crippen LogP contribution in [0.3, 0.4) is 0 Å². The Hall–Kier alpha value is -2.94. The zero-order chi connectivity index (χ0) is 22.9. The van der Waals surface area contributed by atoms with E-state index in [-0.39, 0.29) is 29.4 Å². The zero-order valence-electron chi connectivity index (χ0n) is 17.8. The molecule has 0 radical (unpaired) electrons. The molecule has 4 rings (SSSR count). The molecular formula is C23H27F3N4O2. The number of hydrogen-bond acceptors (Lipinski definition) is 5. The highest BCUT2D eigenvalue weighted by Gasteiger charge is 2.35. The molecule has 1 saturated carbocycles. The van der Waals surface area contributed by atoms with E-state index in [0.717, 1.165) is 43.0 Å². The second kappa shape index (κ2) is 8.90. The predicted molar refractivity (Wildman–Crippen MR) is 118 cm³/mol. The molecule has 2 atom stereocenters. The van der Waals surface area contributed by atoms with Gasteiger partial charge in [0.15, 0.2) is 0 Å². The molecule has 9 heteroatoms. The van der Waals surface area contributed by atoms with Crippen LogP contribution in [0.1, 0.15) is 47.2 Å². The molecule has 0 unspecified atom stereocenters. The van der Waals surface area contributed by atoms with Gasteiger partial charge in [-0.05, 0) is 55.2 Å². The third-order valence-corrected chi connectivity index (χ3v) is 6.08. The number of methoxy groups -OCH3 is 1. The largest absolute Gasteiger partial charge is 0.496 e. The predicted octanol–water partition coefficient (Wildman–Crippen LogP) is 4.43. The Morgan fingerprint density at radius 2 is 1.91 bits per heavy atom. The van der Waals surface area contributed by atoms with Crippen LogP contribution in [0, 0.1) is 0 Å². The van der Waals surface area contributed by atoms with Crippen molar-refractivity contribution in [1.29, 1.82) is 0 Å². The van der Waals surface area contributed by atoms with Crippen LogP contribution in [0.5, 0.6) is 5.75 Å². The second-order valence-electron chi connectivity index (χ2n) is 8.30. The molecule has 1 aliphatic heterocycles. The lowest BCUT2D eigenvalue weighted by Gasteiger charge is -2.31. The van der Waals surface area contributed by atoms with E-state index in [9.17, 15) is 18.0 Å². The molecule has 2 aromatic rings. The lowest BCUT2D eigenvalue weighted by Crippen LogP contribution is -2.42. The van der Waals surface area contributed by atoms with E-state index >= 15 is 0 Å². The first-order chi connectivity index (χ1) is 15.3. The van der Waals surface area contributed by atoms with Crippen molar-refractivity contribution in [3.8, 4) is 5.75 Å². The number of anilines is 3. The summed E-state index contributed by atoms with van der Waals surface area (Å²) in [5, 5.41) is 9.31. The van der Waals surface area contributed by atoms with E-state index in [1.54, 1.807) is 6.07 Å². The van der Waals surface area contributed by atoms with Crippen molar-refractivity contribution in [1.82, 2.24) is 5.32 Å². The maximum atomic E-state index is 13.5. The highest BCUT2D eigenvalue weighted by Crippen LogP contribution is 2.39. The van der Waals surface area contributed by atoms with Gasteiger partial charge in [0.1, 0.15) is 5.75 Å². The standard InChI is InChI=1S/C23H27F3N4O2/c1-32-20-7-6-14(11-16(20)23(24,25)26)29-19-12-15(30-18-5-3-2-4-17(18)27)10-13-8-9-28-22(31)21(13)19/h6-7,10-12,17-18,29-30H,2-5,8-9,27H2,1H3,(H,28,31)/t17-,18+/m0/s1. The monoisotopic (exact) mass is 448 g/mol. The van der Waals surface area contributed by atoms with Crippen molar-refractivity contribution in [2.24, 2.45) is 5.73 Å². The van der Waals surface area contributed by atoms with Gasteiger partial charge >= 0.3 is 6.18 Å². The molecule has 172 valence electrons. The minimum absolute atomic E-state index is 0.0374. The Bertz CT molecular complexity index is 1010. The van der Waals surface area contributed by atoms with Gasteiger partial charge in [-0.1, -0.05) is 12.8 Å². The SMILES string of the molecule is COc1ccc(Nc2cc(N[C@@H]3CCCC[C@@H]3N)cc3c2C(=O)NCC3)cc1C(F)(F)F. The van der Waals surface area contributed by atoms with Gasteiger partial charge in [0.2, 0.25) is 0 Å². The Morgan fingerprint density at radius 1 is 1.12 bits per heavy atom. The number of ether oxygens (including phenoxy) is 1. The van der Waals surface area contributed by atoms with Crippen molar-refractivity contribution in [3.63, 3.8) is 0 Å². The zero-order valence-corrected chi connectivity index (χ0v) is 17.8. The summed E-state index contributed by atoms with van der Waals surface area (Å²) in [6.45, 7) is 0.512. The third kappa shape index (κ3) is 4.62. The lowest BCUT2D eigenvalue weighted by atomic mass is 9.90. The summed E-state index contributed by atoms with van der Waals surface area (Å²) in [7, 11) is 1.20. The van der Waals surface area contributed by atoms with E-state index < -0.39 is 11.7 Å². The highest BCUT2D eigenvalue weighted by molar-refractivity contribution is 6.03. The first kappa shape index (κ1) is 22.3. The lowest BCUT2D eigenvalue weighted by molar-refractivity contribution is -0.138. The maximum absolute atomic E-state index is 13.5. The molecule has 2 aliphatic rings. The number of carbonyl (C=O) groups is 1. The smallest absolute Gasteiger partial charge is 0.420 e. The van der Waals surface area contributed by atoms with Gasteiger partial charge in [0, 0.05) is 30.0 Å². The molecule has 1 heterocycles. The molecular weight excluding hydrogens is 421 g/mol. The van der Waals surface area contributed by atoms with E-state index in [0.29, 0.717) is 24.2 Å². The summed E-state index contributed by atoms with van der Waals surface area (Å²) in [6.07, 6.45) is 0.168. The molecule has 0 saturated heterocycles. The van der Waals surface area contributed by atoms with Crippen molar-refractivity contribution in [2.75, 3.05) is 24.3 Å². The van der Waals surface area contributed by atoms with Crippen LogP contribution in [-0.4, -0.2) is 31.6 Å². The fourth-order valence-electron chi connectivity index (χ4n) is 4.46. The minimum Gasteiger partial charge on any atom is -0.496 e. The van der Waals surface area contributed by atoms with Gasteiger partial charge in [-0.25, -0.2) is 0 Å². The van der Waals surface area contributed by atoms with Crippen molar-refractivity contribution in [2.45, 2.75) is 50.4 Å². The van der Waals surface area contributed by atoms with Crippen LogP contribution in [0.4, 0.5) is 30.2 Å². The molecule has 5 N–H and O–H groups in total. The fraction of sp³-hybridized carbons (Fsp3) is 0.435.